The molecule has 7 nitrogen and oxygen atoms in total. The van der Waals surface area contributed by atoms with E-state index < -0.39 is 12.0 Å². The number of hydrogen-bond donors (Lipinski definition) is 0. The van der Waals surface area contributed by atoms with Crippen LogP contribution in [-0.2, 0) is 14.3 Å². The van der Waals surface area contributed by atoms with Crippen LogP contribution < -0.4 is 19.8 Å². The van der Waals surface area contributed by atoms with Crippen molar-refractivity contribution in [2.45, 2.75) is 19.9 Å². The Hall–Kier alpha value is -4.04. The number of para-hydroxylation sites is 1. The Morgan fingerprint density at radius 3 is 2.57 bits per heavy atom. The Morgan fingerprint density at radius 2 is 1.86 bits per heavy atom. The van der Waals surface area contributed by atoms with Gasteiger partial charge in [-0.3, -0.25) is 14.2 Å². The fourth-order valence-electron chi connectivity index (χ4n) is 4.60. The van der Waals surface area contributed by atoms with E-state index in [0.717, 1.165) is 22.6 Å². The van der Waals surface area contributed by atoms with Crippen molar-refractivity contribution in [3.8, 4) is 0 Å². The molecule has 0 aliphatic carbocycles. The first-order valence-corrected chi connectivity index (χ1v) is 12.1. The summed E-state index contributed by atoms with van der Waals surface area (Å²) in [4.78, 5) is 47.1. The maximum absolute atomic E-state index is 14.0. The number of hydrogen-bond acceptors (Lipinski definition) is 6. The van der Waals surface area contributed by atoms with Gasteiger partial charge in [0.05, 0.1) is 35.2 Å². The molecule has 0 spiro atoms. The molecule has 3 aromatic rings. The van der Waals surface area contributed by atoms with E-state index in [4.69, 9.17) is 4.74 Å². The maximum Gasteiger partial charge on any atom is 0.338 e. The number of aromatic nitrogens is 1. The van der Waals surface area contributed by atoms with Crippen LogP contribution in [0.5, 0.6) is 0 Å². The van der Waals surface area contributed by atoms with E-state index in [9.17, 15) is 14.4 Å². The van der Waals surface area contributed by atoms with Crippen LogP contribution in [0.2, 0.25) is 0 Å². The first-order valence-electron chi connectivity index (χ1n) is 11.3. The van der Waals surface area contributed by atoms with Gasteiger partial charge in [0.15, 0.2) is 4.80 Å². The number of allylic oxidation sites excluding steroid dienone is 1. The Labute approximate surface area is 205 Å². The van der Waals surface area contributed by atoms with E-state index in [-0.39, 0.29) is 18.1 Å². The molecule has 1 aromatic heterocycles. The average molecular weight is 486 g/mol. The molecule has 176 valence electrons. The number of carbonyl (C=O) groups excluding carboxylic acids is 2. The average Bonchev–Trinajstić information content (AvgIpc) is 3.32. The normalized spacial score (nSPS) is 18.2. The number of esters is 1. The number of thiazole rings is 1. The van der Waals surface area contributed by atoms with Gasteiger partial charge in [0.2, 0.25) is 0 Å². The number of fused-ring (bicyclic) bond motifs is 2. The van der Waals surface area contributed by atoms with Crippen molar-refractivity contribution in [2.75, 3.05) is 18.1 Å². The van der Waals surface area contributed by atoms with Gasteiger partial charge in [-0.1, -0.05) is 65.9 Å². The molecule has 5 rings (SSSR count). The topological polar surface area (TPSA) is 81.0 Å². The van der Waals surface area contributed by atoms with Gasteiger partial charge in [-0.2, -0.15) is 0 Å². The van der Waals surface area contributed by atoms with Crippen LogP contribution >= 0.6 is 11.3 Å². The summed E-state index contributed by atoms with van der Waals surface area (Å²) in [6.45, 7) is 7.77. The lowest BCUT2D eigenvalue weighted by atomic mass is 9.96. The highest BCUT2D eigenvalue weighted by Crippen LogP contribution is 2.35. The van der Waals surface area contributed by atoms with Gasteiger partial charge in [0, 0.05) is 12.1 Å². The molecule has 0 N–H and O–H groups in total. The Morgan fingerprint density at radius 1 is 1.14 bits per heavy atom. The summed E-state index contributed by atoms with van der Waals surface area (Å²) in [5.74, 6) is -0.769. The zero-order valence-electron chi connectivity index (χ0n) is 19.4. The molecule has 0 saturated carbocycles. The van der Waals surface area contributed by atoms with Crippen LogP contribution in [0.1, 0.15) is 31.0 Å². The molecule has 35 heavy (non-hydrogen) atoms. The summed E-state index contributed by atoms with van der Waals surface area (Å²) in [7, 11) is 0. The van der Waals surface area contributed by atoms with Crippen molar-refractivity contribution in [1.29, 1.82) is 0 Å². The predicted molar refractivity (Wildman–Crippen MR) is 135 cm³/mol. The molecule has 1 amide bonds. The van der Waals surface area contributed by atoms with E-state index in [2.05, 4.69) is 11.6 Å². The Balaban J connectivity index is 1.82. The summed E-state index contributed by atoms with van der Waals surface area (Å²) in [6, 6.07) is 16.0. The van der Waals surface area contributed by atoms with Crippen molar-refractivity contribution in [3.05, 3.63) is 109 Å². The molecule has 3 heterocycles. The summed E-state index contributed by atoms with van der Waals surface area (Å²) in [5.41, 5.74) is 2.97. The summed E-state index contributed by atoms with van der Waals surface area (Å²) in [5, 5.41) is 0. The lowest BCUT2D eigenvalue weighted by Gasteiger charge is -2.24. The second-order valence-corrected chi connectivity index (χ2v) is 9.11. The largest absolute Gasteiger partial charge is 0.463 e. The molecule has 0 bridgehead atoms. The minimum atomic E-state index is -0.711. The summed E-state index contributed by atoms with van der Waals surface area (Å²) < 4.78 is 7.13. The SMILES string of the molecule is C=CCN1C(=O)/C(=c2/sc3n(c2=O)[C@@H](c2ccccc2)C(C(=O)OCC)=C(C)N=3)c2ccccc21. The minimum absolute atomic E-state index is 0.204. The van der Waals surface area contributed by atoms with Gasteiger partial charge in [0.25, 0.3) is 11.5 Å². The predicted octanol–water partition coefficient (Wildman–Crippen LogP) is 2.70. The van der Waals surface area contributed by atoms with Crippen molar-refractivity contribution >= 4 is 34.5 Å². The first-order chi connectivity index (χ1) is 17.0. The monoisotopic (exact) mass is 485 g/mol. The molecule has 2 aromatic carbocycles. The minimum Gasteiger partial charge on any atom is -0.463 e. The standard InChI is InChI=1S/C27H23N3O4S/c1-4-15-29-19-14-10-9-13-18(19)21(24(29)31)23-25(32)30-22(17-11-7-6-8-12-17)20(26(33)34-5-2)16(3)28-27(30)35-23/h4,6-14,22H,1,5,15H2,2-3H3/b23-21+/t22-/m0/s1. The molecule has 0 radical (unpaired) electrons. The zero-order valence-corrected chi connectivity index (χ0v) is 20.2. The van der Waals surface area contributed by atoms with E-state index >= 15 is 0 Å². The van der Waals surface area contributed by atoms with Gasteiger partial charge in [-0.05, 0) is 25.5 Å². The van der Waals surface area contributed by atoms with Gasteiger partial charge in [-0.25, -0.2) is 9.79 Å². The lowest BCUT2D eigenvalue weighted by Crippen LogP contribution is -2.41. The van der Waals surface area contributed by atoms with Crippen LogP contribution in [0.15, 0.2) is 88.3 Å². The third kappa shape index (κ3) is 3.57. The van der Waals surface area contributed by atoms with Gasteiger partial charge in [-0.15, -0.1) is 6.58 Å². The van der Waals surface area contributed by atoms with Crippen LogP contribution in [0.3, 0.4) is 0 Å². The molecule has 0 fully saturated rings. The van der Waals surface area contributed by atoms with Gasteiger partial charge < -0.3 is 9.64 Å². The number of carbonyl (C=O) groups is 2. The highest BCUT2D eigenvalue weighted by Gasteiger charge is 2.36. The van der Waals surface area contributed by atoms with E-state index in [0.29, 0.717) is 38.3 Å². The quantitative estimate of drug-likeness (QED) is 0.411. The maximum atomic E-state index is 14.0. The summed E-state index contributed by atoms with van der Waals surface area (Å²) in [6.07, 6.45) is 1.66. The van der Waals surface area contributed by atoms with Crippen LogP contribution in [0.25, 0.3) is 5.57 Å². The zero-order chi connectivity index (χ0) is 24.7. The summed E-state index contributed by atoms with van der Waals surface area (Å²) >= 11 is 1.16. The molecular weight excluding hydrogens is 462 g/mol. The number of amides is 1. The van der Waals surface area contributed by atoms with E-state index in [1.807, 2.05) is 54.6 Å². The molecule has 2 aliphatic rings. The molecule has 1 atom stereocenters. The smallest absolute Gasteiger partial charge is 0.338 e. The highest BCUT2D eigenvalue weighted by molar-refractivity contribution is 7.07. The molecule has 0 unspecified atom stereocenters. The van der Waals surface area contributed by atoms with Crippen molar-refractivity contribution in [3.63, 3.8) is 0 Å². The van der Waals surface area contributed by atoms with Crippen LogP contribution in [0, 0.1) is 0 Å². The third-order valence-electron chi connectivity index (χ3n) is 6.07. The molecule has 8 heteroatoms. The number of ether oxygens (including phenoxy) is 1. The van der Waals surface area contributed by atoms with Crippen molar-refractivity contribution < 1.29 is 14.3 Å². The lowest BCUT2D eigenvalue weighted by molar-refractivity contribution is -0.139. The van der Waals surface area contributed by atoms with Crippen LogP contribution in [-0.4, -0.2) is 29.6 Å². The third-order valence-corrected chi connectivity index (χ3v) is 7.12. The van der Waals surface area contributed by atoms with E-state index in [1.54, 1.807) is 24.8 Å². The number of benzene rings is 2. The first kappa shape index (κ1) is 22.7. The number of rotatable bonds is 5. The Kier molecular flexibility index (Phi) is 5.82. The van der Waals surface area contributed by atoms with Crippen LogP contribution in [0.4, 0.5) is 5.69 Å². The molecule has 0 saturated heterocycles. The molecule has 2 aliphatic heterocycles. The number of nitrogens with zero attached hydrogens (tertiary/aromatic N) is 3. The fourth-order valence-corrected chi connectivity index (χ4v) is 5.74. The second kappa shape index (κ2) is 8.96. The fraction of sp³-hybridized carbons (Fsp3) is 0.185. The van der Waals surface area contributed by atoms with Crippen molar-refractivity contribution in [1.82, 2.24) is 4.57 Å². The second-order valence-electron chi connectivity index (χ2n) is 8.13. The highest BCUT2D eigenvalue weighted by atomic mass is 32.1. The molecular formula is C27H23N3O4S. The Bertz CT molecular complexity index is 1580. The van der Waals surface area contributed by atoms with Gasteiger partial charge >= 0.3 is 5.97 Å². The number of anilines is 1. The van der Waals surface area contributed by atoms with Gasteiger partial charge in [0.1, 0.15) is 4.53 Å². The van der Waals surface area contributed by atoms with Crippen molar-refractivity contribution in [2.24, 2.45) is 4.99 Å². The van der Waals surface area contributed by atoms with E-state index in [1.165, 1.54) is 4.57 Å².